The monoisotopic (exact) mass is 282 g/mol. The van der Waals surface area contributed by atoms with E-state index in [1.807, 2.05) is 20.8 Å². The second-order valence-corrected chi connectivity index (χ2v) is 6.45. The van der Waals surface area contributed by atoms with Crippen LogP contribution in [0.5, 0.6) is 0 Å². The van der Waals surface area contributed by atoms with Gasteiger partial charge in [-0.1, -0.05) is 33.6 Å². The number of nitrogens with two attached hydrogens (primary N) is 1. The molecule has 0 amide bonds. The minimum Gasteiger partial charge on any atom is -0.391 e. The summed E-state index contributed by atoms with van der Waals surface area (Å²) in [5.41, 5.74) is 5.72. The molecule has 2 atom stereocenters. The van der Waals surface area contributed by atoms with E-state index in [0.29, 0.717) is 12.1 Å². The SMILES string of the molecule is CC(C)(C)c1nn(C2CCCCC2O)c(N)c1[N+](=O)[O-]. The smallest absolute Gasteiger partial charge is 0.334 e. The van der Waals surface area contributed by atoms with Crippen LogP contribution in [0.25, 0.3) is 0 Å². The highest BCUT2D eigenvalue weighted by Crippen LogP contribution is 2.39. The number of nitrogens with zero attached hydrogens (tertiary/aromatic N) is 3. The van der Waals surface area contributed by atoms with Gasteiger partial charge in [0, 0.05) is 5.41 Å². The molecule has 1 fully saturated rings. The van der Waals surface area contributed by atoms with Gasteiger partial charge in [-0.15, -0.1) is 0 Å². The number of aliphatic hydroxyl groups excluding tert-OH is 1. The normalized spacial score (nSPS) is 23.8. The third-order valence-corrected chi connectivity index (χ3v) is 3.82. The third kappa shape index (κ3) is 2.49. The van der Waals surface area contributed by atoms with Crippen LogP contribution in [-0.2, 0) is 5.41 Å². The standard InChI is InChI=1S/C13H22N4O3/c1-13(2,3)11-10(17(19)20)12(14)16(15-11)8-6-4-5-7-9(8)18/h8-9,18H,4-7,14H2,1-3H3. The van der Waals surface area contributed by atoms with Crippen LogP contribution < -0.4 is 5.73 Å². The number of rotatable bonds is 2. The zero-order valence-corrected chi connectivity index (χ0v) is 12.2. The van der Waals surface area contributed by atoms with E-state index >= 15 is 0 Å². The zero-order chi connectivity index (χ0) is 15.1. The number of hydrogen-bond donors (Lipinski definition) is 2. The molecule has 1 aromatic rings. The van der Waals surface area contributed by atoms with E-state index in [4.69, 9.17) is 5.73 Å². The number of aliphatic hydroxyl groups is 1. The Morgan fingerprint density at radius 2 is 2.00 bits per heavy atom. The Morgan fingerprint density at radius 1 is 1.40 bits per heavy atom. The third-order valence-electron chi connectivity index (χ3n) is 3.82. The van der Waals surface area contributed by atoms with E-state index in [1.165, 1.54) is 4.68 Å². The van der Waals surface area contributed by atoms with Gasteiger partial charge in [0.2, 0.25) is 5.82 Å². The van der Waals surface area contributed by atoms with Crippen LogP contribution in [0.1, 0.15) is 58.2 Å². The predicted molar refractivity (Wildman–Crippen MR) is 75.5 cm³/mol. The minimum atomic E-state index is -0.543. The van der Waals surface area contributed by atoms with Gasteiger partial charge >= 0.3 is 5.69 Å². The summed E-state index contributed by atoms with van der Waals surface area (Å²) >= 11 is 0. The zero-order valence-electron chi connectivity index (χ0n) is 12.2. The minimum absolute atomic E-state index is 0.0471. The van der Waals surface area contributed by atoms with Crippen molar-refractivity contribution in [1.82, 2.24) is 9.78 Å². The summed E-state index contributed by atoms with van der Waals surface area (Å²) in [5, 5.41) is 25.7. The van der Waals surface area contributed by atoms with Gasteiger partial charge in [-0.3, -0.25) is 10.1 Å². The van der Waals surface area contributed by atoms with Gasteiger partial charge in [0.05, 0.1) is 17.1 Å². The Bertz CT molecular complexity index is 518. The Labute approximate surface area is 117 Å². The average molecular weight is 282 g/mol. The Morgan fingerprint density at radius 3 is 2.45 bits per heavy atom. The van der Waals surface area contributed by atoms with Crippen molar-refractivity contribution in [2.24, 2.45) is 0 Å². The molecule has 7 heteroatoms. The first-order valence-electron chi connectivity index (χ1n) is 6.94. The van der Waals surface area contributed by atoms with E-state index in [0.717, 1.165) is 19.3 Å². The quantitative estimate of drug-likeness (QED) is 0.638. The van der Waals surface area contributed by atoms with Crippen LogP contribution in [0.15, 0.2) is 0 Å². The maximum Gasteiger partial charge on any atom is 0.334 e. The van der Waals surface area contributed by atoms with Crippen LogP contribution in [0.4, 0.5) is 11.5 Å². The largest absolute Gasteiger partial charge is 0.391 e. The molecule has 1 heterocycles. The van der Waals surface area contributed by atoms with Crippen molar-refractivity contribution in [3.63, 3.8) is 0 Å². The molecule has 1 aliphatic carbocycles. The van der Waals surface area contributed by atoms with Gasteiger partial charge in [-0.2, -0.15) is 5.10 Å². The first-order chi connectivity index (χ1) is 9.23. The molecular formula is C13H22N4O3. The lowest BCUT2D eigenvalue weighted by atomic mass is 9.91. The molecule has 2 rings (SSSR count). The maximum absolute atomic E-state index is 11.3. The fourth-order valence-corrected chi connectivity index (χ4v) is 2.75. The van der Waals surface area contributed by atoms with Crippen LogP contribution >= 0.6 is 0 Å². The summed E-state index contributed by atoms with van der Waals surface area (Å²) < 4.78 is 1.46. The highest BCUT2D eigenvalue weighted by molar-refractivity contribution is 5.58. The van der Waals surface area contributed by atoms with E-state index in [1.54, 1.807) is 0 Å². The molecular weight excluding hydrogens is 260 g/mol. The number of anilines is 1. The molecule has 1 aromatic heterocycles. The molecule has 1 saturated carbocycles. The summed E-state index contributed by atoms with van der Waals surface area (Å²) in [6, 6.07) is -0.265. The van der Waals surface area contributed by atoms with Crippen LogP contribution in [0, 0.1) is 10.1 Å². The highest BCUT2D eigenvalue weighted by Gasteiger charge is 2.37. The Kier molecular flexibility index (Phi) is 3.73. The van der Waals surface area contributed by atoms with E-state index in [9.17, 15) is 15.2 Å². The molecule has 112 valence electrons. The molecule has 0 spiro atoms. The van der Waals surface area contributed by atoms with Crippen LogP contribution in [0.2, 0.25) is 0 Å². The Balaban J connectivity index is 2.52. The van der Waals surface area contributed by atoms with Crippen molar-refractivity contribution in [3.8, 4) is 0 Å². The maximum atomic E-state index is 11.3. The molecule has 0 aromatic carbocycles. The first-order valence-corrected chi connectivity index (χ1v) is 6.94. The molecule has 0 aliphatic heterocycles. The first kappa shape index (κ1) is 14.8. The molecule has 3 N–H and O–H groups in total. The number of aromatic nitrogens is 2. The van der Waals surface area contributed by atoms with Crippen molar-refractivity contribution in [2.75, 3.05) is 5.73 Å². The lowest BCUT2D eigenvalue weighted by Crippen LogP contribution is -2.29. The van der Waals surface area contributed by atoms with Gasteiger partial charge in [0.15, 0.2) is 0 Å². The summed E-state index contributed by atoms with van der Waals surface area (Å²) in [7, 11) is 0. The second-order valence-electron chi connectivity index (χ2n) is 6.45. The van der Waals surface area contributed by atoms with Gasteiger partial charge < -0.3 is 10.8 Å². The fourth-order valence-electron chi connectivity index (χ4n) is 2.75. The molecule has 0 bridgehead atoms. The molecule has 7 nitrogen and oxygen atoms in total. The van der Waals surface area contributed by atoms with Crippen LogP contribution in [0.3, 0.4) is 0 Å². The van der Waals surface area contributed by atoms with Gasteiger partial charge in [0.25, 0.3) is 0 Å². The summed E-state index contributed by atoms with van der Waals surface area (Å²) in [5.74, 6) is 0.0471. The fraction of sp³-hybridized carbons (Fsp3) is 0.769. The van der Waals surface area contributed by atoms with Gasteiger partial charge in [-0.25, -0.2) is 4.68 Å². The molecule has 0 saturated heterocycles. The number of nitrogen functional groups attached to an aromatic ring is 1. The topological polar surface area (TPSA) is 107 Å². The molecule has 20 heavy (non-hydrogen) atoms. The summed E-state index contributed by atoms with van der Waals surface area (Å²) in [4.78, 5) is 10.8. The lowest BCUT2D eigenvalue weighted by Gasteiger charge is -2.28. The lowest BCUT2D eigenvalue weighted by molar-refractivity contribution is -0.385. The van der Waals surface area contributed by atoms with Crippen molar-refractivity contribution >= 4 is 11.5 Å². The number of nitro groups is 1. The van der Waals surface area contributed by atoms with E-state index < -0.39 is 16.4 Å². The van der Waals surface area contributed by atoms with Gasteiger partial charge in [-0.05, 0) is 12.8 Å². The van der Waals surface area contributed by atoms with Crippen molar-refractivity contribution in [1.29, 1.82) is 0 Å². The van der Waals surface area contributed by atoms with Crippen molar-refractivity contribution in [3.05, 3.63) is 15.8 Å². The second kappa shape index (κ2) is 5.05. The van der Waals surface area contributed by atoms with Gasteiger partial charge in [0.1, 0.15) is 5.69 Å². The van der Waals surface area contributed by atoms with E-state index in [-0.39, 0.29) is 17.5 Å². The predicted octanol–water partition coefficient (Wildman–Crippen LogP) is 2.15. The molecule has 2 unspecified atom stereocenters. The van der Waals surface area contributed by atoms with Crippen LogP contribution in [-0.4, -0.2) is 25.9 Å². The van der Waals surface area contributed by atoms with Crippen molar-refractivity contribution < 1.29 is 10.0 Å². The molecule has 1 aliphatic rings. The summed E-state index contributed by atoms with van der Waals surface area (Å²) in [6.45, 7) is 5.59. The van der Waals surface area contributed by atoms with Crippen molar-refractivity contribution in [2.45, 2.75) is 64.0 Å². The van der Waals surface area contributed by atoms with E-state index in [2.05, 4.69) is 5.10 Å². The number of hydrogen-bond acceptors (Lipinski definition) is 5. The highest BCUT2D eigenvalue weighted by atomic mass is 16.6. The summed E-state index contributed by atoms with van der Waals surface area (Å²) in [6.07, 6.45) is 2.82. The molecule has 0 radical (unpaired) electrons. The average Bonchev–Trinajstić information content (AvgIpc) is 2.67. The Hall–Kier alpha value is -1.63.